The highest BCUT2D eigenvalue weighted by Gasteiger charge is 2.40. The number of alkyl halides is 2. The number of halogens is 3. The Labute approximate surface area is 133 Å². The Morgan fingerprint density at radius 2 is 1.96 bits per heavy atom. The monoisotopic (exact) mass is 331 g/mol. The van der Waals surface area contributed by atoms with Crippen LogP contribution in [-0.2, 0) is 5.92 Å². The molecular weight excluding hydrogens is 324 g/mol. The van der Waals surface area contributed by atoms with Crippen molar-refractivity contribution < 1.29 is 13.3 Å². The van der Waals surface area contributed by atoms with Crippen LogP contribution in [0.15, 0.2) is 53.2 Å². The summed E-state index contributed by atoms with van der Waals surface area (Å²) in [6, 6.07) is 10.6. The third-order valence-corrected chi connectivity index (χ3v) is 3.76. The first-order chi connectivity index (χ1) is 11.1. The molecule has 0 bridgehead atoms. The predicted octanol–water partition coefficient (Wildman–Crippen LogP) is 4.56. The Kier molecular flexibility index (Phi) is 3.02. The minimum absolute atomic E-state index is 0.0474. The van der Waals surface area contributed by atoms with E-state index >= 15 is 0 Å². The third-order valence-electron chi connectivity index (χ3n) is 3.55. The fourth-order valence-corrected chi connectivity index (χ4v) is 2.57. The molecule has 0 saturated heterocycles. The zero-order valence-electron chi connectivity index (χ0n) is 11.5. The molecule has 0 saturated carbocycles. The van der Waals surface area contributed by atoms with Gasteiger partial charge in [-0.1, -0.05) is 28.9 Å². The molecule has 4 nitrogen and oxygen atoms in total. The van der Waals surface area contributed by atoms with Crippen LogP contribution in [0.4, 0.5) is 8.78 Å². The number of pyridine rings is 2. The lowest BCUT2D eigenvalue weighted by molar-refractivity contribution is 0.0361. The van der Waals surface area contributed by atoms with E-state index in [4.69, 9.17) is 16.1 Å². The van der Waals surface area contributed by atoms with Crippen molar-refractivity contribution in [1.82, 2.24) is 15.1 Å². The first-order valence-electron chi connectivity index (χ1n) is 6.71. The summed E-state index contributed by atoms with van der Waals surface area (Å²) < 4.78 is 34.7. The van der Waals surface area contributed by atoms with Crippen LogP contribution in [0.3, 0.4) is 0 Å². The summed E-state index contributed by atoms with van der Waals surface area (Å²) in [6.07, 6.45) is 1.61. The van der Waals surface area contributed by atoms with Crippen molar-refractivity contribution in [3.8, 4) is 0 Å². The van der Waals surface area contributed by atoms with E-state index in [1.165, 1.54) is 24.3 Å². The van der Waals surface area contributed by atoms with Gasteiger partial charge in [0, 0.05) is 17.1 Å². The second-order valence-corrected chi connectivity index (χ2v) is 5.38. The molecule has 0 N–H and O–H groups in total. The van der Waals surface area contributed by atoms with Crippen molar-refractivity contribution >= 4 is 33.6 Å². The number of benzene rings is 1. The average molecular weight is 332 g/mol. The number of rotatable bonds is 2. The molecule has 0 radical (unpaired) electrons. The maximum absolute atomic E-state index is 14.9. The lowest BCUT2D eigenvalue weighted by Gasteiger charge is -2.14. The van der Waals surface area contributed by atoms with Crippen molar-refractivity contribution in [2.45, 2.75) is 5.92 Å². The molecule has 0 aliphatic heterocycles. The molecular formula is C16H8ClF2N3O. The Morgan fingerprint density at radius 3 is 2.83 bits per heavy atom. The zero-order valence-corrected chi connectivity index (χ0v) is 12.3. The minimum atomic E-state index is -3.37. The van der Waals surface area contributed by atoms with Gasteiger partial charge in [0.15, 0.2) is 11.3 Å². The van der Waals surface area contributed by atoms with Crippen LogP contribution in [0.5, 0.6) is 0 Å². The normalized spacial score (nSPS) is 12.1. The van der Waals surface area contributed by atoms with Crippen LogP contribution >= 0.6 is 11.6 Å². The van der Waals surface area contributed by atoms with E-state index in [0.29, 0.717) is 10.9 Å². The van der Waals surface area contributed by atoms with E-state index in [9.17, 15) is 8.78 Å². The molecule has 7 heteroatoms. The van der Waals surface area contributed by atoms with E-state index in [1.54, 1.807) is 24.4 Å². The SMILES string of the molecule is FC(F)(c1ccc2ncccc2c1)c1noc2ccc(Cl)nc12. The van der Waals surface area contributed by atoms with E-state index in [1.807, 2.05) is 0 Å². The van der Waals surface area contributed by atoms with Crippen molar-refractivity contribution in [3.63, 3.8) is 0 Å². The summed E-state index contributed by atoms with van der Waals surface area (Å²) in [5, 5.41) is 4.21. The molecule has 0 fully saturated rings. The first kappa shape index (κ1) is 14.0. The highest BCUT2D eigenvalue weighted by molar-refractivity contribution is 6.29. The van der Waals surface area contributed by atoms with Gasteiger partial charge in [-0.15, -0.1) is 0 Å². The van der Waals surface area contributed by atoms with E-state index in [0.717, 1.165) is 0 Å². The van der Waals surface area contributed by atoms with Crippen LogP contribution < -0.4 is 0 Å². The maximum Gasteiger partial charge on any atom is 0.320 e. The Morgan fingerprint density at radius 1 is 1.09 bits per heavy atom. The summed E-state index contributed by atoms with van der Waals surface area (Å²) >= 11 is 5.79. The quantitative estimate of drug-likeness (QED) is 0.505. The summed E-state index contributed by atoms with van der Waals surface area (Å²) in [7, 11) is 0. The molecule has 4 rings (SSSR count). The molecule has 114 valence electrons. The first-order valence-corrected chi connectivity index (χ1v) is 7.09. The van der Waals surface area contributed by atoms with Crippen LogP contribution in [0, 0.1) is 0 Å². The van der Waals surface area contributed by atoms with E-state index in [2.05, 4.69) is 15.1 Å². The Balaban J connectivity index is 1.91. The van der Waals surface area contributed by atoms with Gasteiger partial charge in [0.25, 0.3) is 0 Å². The second-order valence-electron chi connectivity index (χ2n) is 5.00. The van der Waals surface area contributed by atoms with E-state index in [-0.39, 0.29) is 21.8 Å². The number of fused-ring (bicyclic) bond motifs is 2. The fourth-order valence-electron chi connectivity index (χ4n) is 2.42. The van der Waals surface area contributed by atoms with Crippen molar-refractivity contribution in [1.29, 1.82) is 0 Å². The van der Waals surface area contributed by atoms with Gasteiger partial charge >= 0.3 is 5.92 Å². The number of hydrogen-bond acceptors (Lipinski definition) is 4. The van der Waals surface area contributed by atoms with Gasteiger partial charge in [-0.25, -0.2) is 4.98 Å². The van der Waals surface area contributed by atoms with Gasteiger partial charge in [0.05, 0.1) is 5.52 Å². The van der Waals surface area contributed by atoms with Gasteiger partial charge in [-0.05, 0) is 30.3 Å². The summed E-state index contributed by atoms with van der Waals surface area (Å²) in [5.74, 6) is -3.37. The molecule has 0 aliphatic rings. The average Bonchev–Trinajstić information content (AvgIpc) is 2.98. The van der Waals surface area contributed by atoms with Crippen molar-refractivity contribution in [2.24, 2.45) is 0 Å². The summed E-state index contributed by atoms with van der Waals surface area (Å²) in [5.41, 5.74) is -0.0215. The standard InChI is InChI=1S/C16H8ClF2N3O/c17-13-6-5-12-14(21-13)15(22-23-12)16(18,19)10-3-4-11-9(8-10)2-1-7-20-11/h1-8H. The summed E-state index contributed by atoms with van der Waals surface area (Å²) in [6.45, 7) is 0. The molecule has 0 amide bonds. The van der Waals surface area contributed by atoms with E-state index < -0.39 is 11.6 Å². The lowest BCUT2D eigenvalue weighted by Crippen LogP contribution is -2.16. The van der Waals surface area contributed by atoms with Gasteiger partial charge in [0.1, 0.15) is 10.7 Å². The van der Waals surface area contributed by atoms with Crippen molar-refractivity contribution in [3.05, 3.63) is 65.1 Å². The molecule has 0 aliphatic carbocycles. The molecule has 1 aromatic carbocycles. The van der Waals surface area contributed by atoms with Gasteiger partial charge < -0.3 is 4.52 Å². The molecule has 23 heavy (non-hydrogen) atoms. The predicted molar refractivity (Wildman–Crippen MR) is 81.6 cm³/mol. The molecule has 0 atom stereocenters. The minimum Gasteiger partial charge on any atom is -0.354 e. The van der Waals surface area contributed by atoms with Crippen LogP contribution in [0.25, 0.3) is 22.0 Å². The molecule has 0 spiro atoms. The Hall–Kier alpha value is -2.60. The van der Waals surface area contributed by atoms with Crippen LogP contribution in [-0.4, -0.2) is 15.1 Å². The molecule has 3 aromatic heterocycles. The maximum atomic E-state index is 14.9. The molecule has 3 heterocycles. The van der Waals surface area contributed by atoms with Gasteiger partial charge in [-0.2, -0.15) is 8.78 Å². The molecule has 0 unspecified atom stereocenters. The fraction of sp³-hybridized carbons (Fsp3) is 0.0625. The summed E-state index contributed by atoms with van der Waals surface area (Å²) in [4.78, 5) is 8.03. The third kappa shape index (κ3) is 2.22. The lowest BCUT2D eigenvalue weighted by atomic mass is 10.0. The number of aromatic nitrogens is 3. The largest absolute Gasteiger partial charge is 0.354 e. The second kappa shape index (κ2) is 4.96. The smallest absolute Gasteiger partial charge is 0.320 e. The van der Waals surface area contributed by atoms with Crippen molar-refractivity contribution in [2.75, 3.05) is 0 Å². The topological polar surface area (TPSA) is 51.8 Å². The Bertz CT molecular complexity index is 1030. The highest BCUT2D eigenvalue weighted by Crippen LogP contribution is 2.39. The van der Waals surface area contributed by atoms with Crippen LogP contribution in [0.1, 0.15) is 11.3 Å². The van der Waals surface area contributed by atoms with Gasteiger partial charge in [-0.3, -0.25) is 4.98 Å². The number of nitrogens with zero attached hydrogens (tertiary/aromatic N) is 3. The van der Waals surface area contributed by atoms with Crippen LogP contribution in [0.2, 0.25) is 5.15 Å². The van der Waals surface area contributed by atoms with Gasteiger partial charge in [0.2, 0.25) is 0 Å². The zero-order chi connectivity index (χ0) is 16.0. The molecule has 4 aromatic rings. The number of hydrogen-bond donors (Lipinski definition) is 0. The highest BCUT2D eigenvalue weighted by atomic mass is 35.5.